The van der Waals surface area contributed by atoms with Gasteiger partial charge in [0.2, 0.25) is 0 Å². The molecule has 0 aliphatic heterocycles. The van der Waals surface area contributed by atoms with Gasteiger partial charge in [-0.15, -0.1) is 0 Å². The van der Waals surface area contributed by atoms with Gasteiger partial charge in [-0.25, -0.2) is 0 Å². The number of hydrogen-bond acceptors (Lipinski definition) is 1. The fraction of sp³-hybridized carbons (Fsp3) is 0.421. The van der Waals surface area contributed by atoms with Crippen LogP contribution in [0.4, 0.5) is 0 Å². The van der Waals surface area contributed by atoms with Crippen molar-refractivity contribution in [2.24, 2.45) is 4.99 Å². The van der Waals surface area contributed by atoms with Gasteiger partial charge in [0.05, 0.1) is 5.70 Å². The Hall–Kier alpha value is -1.63. The molecular formula is C19H27N. The lowest BCUT2D eigenvalue weighted by Gasteiger charge is -2.06. The summed E-state index contributed by atoms with van der Waals surface area (Å²) in [4.78, 5) is 4.81. The number of rotatable bonds is 7. The Balaban J connectivity index is 2.93. The third-order valence-corrected chi connectivity index (χ3v) is 3.18. The zero-order chi connectivity index (χ0) is 15.0. The van der Waals surface area contributed by atoms with Gasteiger partial charge in [-0.2, -0.15) is 0 Å². The fourth-order valence-electron chi connectivity index (χ4n) is 2.03. The summed E-state index contributed by atoms with van der Waals surface area (Å²) in [6.07, 6.45) is 6.89. The maximum absolute atomic E-state index is 4.81. The van der Waals surface area contributed by atoms with Crippen LogP contribution in [0.5, 0.6) is 0 Å². The molecule has 0 aromatic heterocycles. The van der Waals surface area contributed by atoms with Crippen LogP contribution >= 0.6 is 0 Å². The smallest absolute Gasteiger partial charge is 0.0703 e. The highest BCUT2D eigenvalue weighted by molar-refractivity contribution is 5.88. The number of hydrogen-bond donors (Lipinski definition) is 0. The van der Waals surface area contributed by atoms with Crippen LogP contribution in [0.1, 0.15) is 57.6 Å². The van der Waals surface area contributed by atoms with E-state index in [9.17, 15) is 0 Å². The predicted octanol–water partition coefficient (Wildman–Crippen LogP) is 5.95. The molecule has 0 spiro atoms. The highest BCUT2D eigenvalue weighted by atomic mass is 14.8. The van der Waals surface area contributed by atoms with E-state index in [2.05, 4.69) is 57.7 Å². The lowest BCUT2D eigenvalue weighted by molar-refractivity contribution is 0.741. The highest BCUT2D eigenvalue weighted by Crippen LogP contribution is 2.19. The molecule has 20 heavy (non-hydrogen) atoms. The first-order valence-electron chi connectivity index (χ1n) is 7.51. The van der Waals surface area contributed by atoms with Gasteiger partial charge in [0.25, 0.3) is 0 Å². The number of unbranched alkanes of at least 4 members (excludes halogenated alkanes) is 2. The van der Waals surface area contributed by atoms with Crippen LogP contribution in [0.15, 0.2) is 47.5 Å². The molecule has 0 fully saturated rings. The summed E-state index contributed by atoms with van der Waals surface area (Å²) >= 11 is 0. The van der Waals surface area contributed by atoms with Crippen molar-refractivity contribution in [3.05, 3.63) is 53.6 Å². The Morgan fingerprint density at radius 3 is 2.35 bits per heavy atom. The standard InChI is InChI=1S/C19H27N/c1-6-7-8-9-17(5)20-19(14-15(2)3)18-12-10-16(4)11-13-18/h10-14H,2,6-9H2,1,3-5H3/b19-14-,20-17+. The predicted molar refractivity (Wildman–Crippen MR) is 91.2 cm³/mol. The van der Waals surface area contributed by atoms with Crippen LogP contribution in [0, 0.1) is 6.92 Å². The summed E-state index contributed by atoms with van der Waals surface area (Å²) in [6, 6.07) is 8.52. The minimum Gasteiger partial charge on any atom is -0.258 e. The zero-order valence-corrected chi connectivity index (χ0v) is 13.4. The maximum Gasteiger partial charge on any atom is 0.0703 e. The van der Waals surface area contributed by atoms with Gasteiger partial charge in [-0.3, -0.25) is 4.99 Å². The molecule has 0 unspecified atom stereocenters. The van der Waals surface area contributed by atoms with Crippen LogP contribution in [-0.4, -0.2) is 5.71 Å². The van der Waals surface area contributed by atoms with E-state index in [4.69, 9.17) is 4.99 Å². The number of nitrogens with zero attached hydrogens (tertiary/aromatic N) is 1. The zero-order valence-electron chi connectivity index (χ0n) is 13.4. The van der Waals surface area contributed by atoms with Crippen molar-refractivity contribution in [1.82, 2.24) is 0 Å². The van der Waals surface area contributed by atoms with Crippen LogP contribution in [-0.2, 0) is 0 Å². The molecule has 0 aliphatic rings. The monoisotopic (exact) mass is 269 g/mol. The Bertz CT molecular complexity index is 489. The van der Waals surface area contributed by atoms with Gasteiger partial charge < -0.3 is 0 Å². The molecule has 0 N–H and O–H groups in total. The van der Waals surface area contributed by atoms with E-state index in [1.807, 2.05) is 6.92 Å². The van der Waals surface area contributed by atoms with E-state index >= 15 is 0 Å². The summed E-state index contributed by atoms with van der Waals surface area (Å²) in [5.74, 6) is 0. The molecule has 0 heterocycles. The molecule has 108 valence electrons. The van der Waals surface area contributed by atoms with Gasteiger partial charge in [-0.05, 0) is 39.7 Å². The SMILES string of the molecule is C=C(C)/C=C(\N=C(/C)CCCCC)c1ccc(C)cc1. The summed E-state index contributed by atoms with van der Waals surface area (Å²) in [5, 5.41) is 0. The van der Waals surface area contributed by atoms with Gasteiger partial charge >= 0.3 is 0 Å². The van der Waals surface area contributed by atoms with Crippen LogP contribution in [0.25, 0.3) is 5.70 Å². The molecule has 0 saturated carbocycles. The molecule has 0 radical (unpaired) electrons. The largest absolute Gasteiger partial charge is 0.258 e. The molecule has 1 aromatic carbocycles. The molecule has 0 atom stereocenters. The highest BCUT2D eigenvalue weighted by Gasteiger charge is 2.01. The molecular weight excluding hydrogens is 242 g/mol. The van der Waals surface area contributed by atoms with Crippen molar-refractivity contribution in [3.63, 3.8) is 0 Å². The summed E-state index contributed by atoms with van der Waals surface area (Å²) < 4.78 is 0. The van der Waals surface area contributed by atoms with Gasteiger partial charge in [0.15, 0.2) is 0 Å². The van der Waals surface area contributed by atoms with Crippen molar-refractivity contribution in [3.8, 4) is 0 Å². The first-order chi connectivity index (χ1) is 9.52. The molecule has 1 nitrogen and oxygen atoms in total. The summed E-state index contributed by atoms with van der Waals surface area (Å²) in [6.45, 7) is 12.4. The molecule has 0 saturated heterocycles. The van der Waals surface area contributed by atoms with Crippen molar-refractivity contribution in [2.75, 3.05) is 0 Å². The Morgan fingerprint density at radius 1 is 1.15 bits per heavy atom. The normalized spacial score (nSPS) is 12.6. The van der Waals surface area contributed by atoms with E-state index in [0.717, 1.165) is 23.3 Å². The van der Waals surface area contributed by atoms with Gasteiger partial charge in [0, 0.05) is 11.3 Å². The second kappa shape index (κ2) is 8.52. The lowest BCUT2D eigenvalue weighted by atomic mass is 10.1. The second-order valence-electron chi connectivity index (χ2n) is 5.55. The summed E-state index contributed by atoms with van der Waals surface area (Å²) in [7, 11) is 0. The van der Waals surface area contributed by atoms with E-state index in [1.54, 1.807) is 0 Å². The molecule has 0 amide bonds. The van der Waals surface area contributed by atoms with Gasteiger partial charge in [-0.1, -0.05) is 61.7 Å². The van der Waals surface area contributed by atoms with Crippen molar-refractivity contribution < 1.29 is 0 Å². The molecule has 0 aliphatic carbocycles. The maximum atomic E-state index is 4.81. The van der Waals surface area contributed by atoms with E-state index in [1.165, 1.54) is 30.5 Å². The molecule has 1 aromatic rings. The molecule has 1 heteroatoms. The number of aliphatic imine (C=N–C) groups is 1. The van der Waals surface area contributed by atoms with Gasteiger partial charge in [0.1, 0.15) is 0 Å². The second-order valence-corrected chi connectivity index (χ2v) is 5.55. The Kier molecular flexibility index (Phi) is 7.00. The first-order valence-corrected chi connectivity index (χ1v) is 7.51. The minimum absolute atomic E-state index is 1.02. The average Bonchev–Trinajstić information content (AvgIpc) is 2.38. The number of allylic oxidation sites excluding steroid dienone is 2. The van der Waals surface area contributed by atoms with E-state index < -0.39 is 0 Å². The van der Waals surface area contributed by atoms with Crippen LogP contribution in [0.2, 0.25) is 0 Å². The van der Waals surface area contributed by atoms with Crippen LogP contribution < -0.4 is 0 Å². The Morgan fingerprint density at radius 2 is 1.80 bits per heavy atom. The van der Waals surface area contributed by atoms with Crippen molar-refractivity contribution >= 4 is 11.4 Å². The third kappa shape index (κ3) is 6.01. The van der Waals surface area contributed by atoms with Crippen molar-refractivity contribution in [2.45, 2.75) is 53.4 Å². The van der Waals surface area contributed by atoms with Crippen LogP contribution in [0.3, 0.4) is 0 Å². The quantitative estimate of drug-likeness (QED) is 0.329. The lowest BCUT2D eigenvalue weighted by Crippen LogP contribution is -1.93. The van der Waals surface area contributed by atoms with Crippen molar-refractivity contribution in [1.29, 1.82) is 0 Å². The van der Waals surface area contributed by atoms with E-state index in [-0.39, 0.29) is 0 Å². The molecule has 0 bridgehead atoms. The first kappa shape index (κ1) is 16.4. The third-order valence-electron chi connectivity index (χ3n) is 3.18. The topological polar surface area (TPSA) is 12.4 Å². The van der Waals surface area contributed by atoms with E-state index in [0.29, 0.717) is 0 Å². The number of benzene rings is 1. The minimum atomic E-state index is 1.02. The summed E-state index contributed by atoms with van der Waals surface area (Å²) in [5.41, 5.74) is 5.68. The Labute approximate surface area is 124 Å². The molecule has 1 rings (SSSR count). The fourth-order valence-corrected chi connectivity index (χ4v) is 2.03. The number of aryl methyl sites for hydroxylation is 1. The average molecular weight is 269 g/mol.